The molecule has 1 aliphatic heterocycles. The summed E-state index contributed by atoms with van der Waals surface area (Å²) in [7, 11) is -1.21. The largest absolute Gasteiger partial charge is 0.493 e. The minimum absolute atomic E-state index is 0.136. The van der Waals surface area contributed by atoms with Gasteiger partial charge in [0.15, 0.2) is 27.3 Å². The summed E-state index contributed by atoms with van der Waals surface area (Å²) in [5.74, 6) is 2.96. The SMILES string of the molecule is CCNC(=NCC1CCS(=O)(=O)C1)NCCCc1ccc(OC)c(OCC)c1. The zero-order chi connectivity index (χ0) is 20.4. The second-order valence-corrected chi connectivity index (χ2v) is 9.17. The molecule has 7 nitrogen and oxygen atoms in total. The smallest absolute Gasteiger partial charge is 0.191 e. The second kappa shape index (κ2) is 11.1. The van der Waals surface area contributed by atoms with Gasteiger partial charge in [0.05, 0.1) is 25.2 Å². The first-order valence-electron chi connectivity index (χ1n) is 9.99. The van der Waals surface area contributed by atoms with Gasteiger partial charge >= 0.3 is 0 Å². The lowest BCUT2D eigenvalue weighted by atomic mass is 10.1. The Hall–Kier alpha value is -1.96. The number of aryl methyl sites for hydroxylation is 1. The van der Waals surface area contributed by atoms with E-state index >= 15 is 0 Å². The third-order valence-corrected chi connectivity index (χ3v) is 6.48. The van der Waals surface area contributed by atoms with Gasteiger partial charge in [-0.1, -0.05) is 6.07 Å². The minimum Gasteiger partial charge on any atom is -0.493 e. The Labute approximate surface area is 168 Å². The quantitative estimate of drug-likeness (QED) is 0.348. The highest BCUT2D eigenvalue weighted by Gasteiger charge is 2.27. The van der Waals surface area contributed by atoms with Crippen LogP contribution in [0.3, 0.4) is 0 Å². The summed E-state index contributed by atoms with van der Waals surface area (Å²) < 4.78 is 34.1. The van der Waals surface area contributed by atoms with Crippen molar-refractivity contribution in [1.29, 1.82) is 0 Å². The van der Waals surface area contributed by atoms with Crippen molar-refractivity contribution in [2.75, 3.05) is 44.9 Å². The van der Waals surface area contributed by atoms with Gasteiger partial charge in [-0.05, 0) is 56.7 Å². The van der Waals surface area contributed by atoms with Crippen molar-refractivity contribution in [3.8, 4) is 11.5 Å². The number of hydrogen-bond donors (Lipinski definition) is 2. The van der Waals surface area contributed by atoms with Crippen LogP contribution in [0.15, 0.2) is 23.2 Å². The number of rotatable bonds is 10. The Morgan fingerprint density at radius 1 is 1.25 bits per heavy atom. The van der Waals surface area contributed by atoms with E-state index in [1.54, 1.807) is 7.11 Å². The fourth-order valence-corrected chi connectivity index (χ4v) is 5.07. The zero-order valence-corrected chi connectivity index (χ0v) is 18.0. The van der Waals surface area contributed by atoms with Crippen molar-refractivity contribution in [1.82, 2.24) is 10.6 Å². The molecular weight excluding hydrogens is 378 g/mol. The molecular formula is C20H33N3O4S. The Morgan fingerprint density at radius 3 is 2.71 bits per heavy atom. The van der Waals surface area contributed by atoms with Gasteiger partial charge in [0.1, 0.15) is 0 Å². The first kappa shape index (κ1) is 22.3. The van der Waals surface area contributed by atoms with E-state index in [9.17, 15) is 8.42 Å². The molecule has 0 saturated carbocycles. The van der Waals surface area contributed by atoms with Gasteiger partial charge < -0.3 is 20.1 Å². The molecule has 1 saturated heterocycles. The average Bonchev–Trinajstić information content (AvgIpc) is 3.02. The van der Waals surface area contributed by atoms with E-state index in [0.717, 1.165) is 43.4 Å². The highest BCUT2D eigenvalue weighted by atomic mass is 32.2. The van der Waals surface area contributed by atoms with E-state index in [1.807, 2.05) is 26.0 Å². The number of nitrogens with zero attached hydrogens (tertiary/aromatic N) is 1. The number of sulfone groups is 1. The van der Waals surface area contributed by atoms with Gasteiger partial charge in [0.2, 0.25) is 0 Å². The molecule has 1 aliphatic rings. The van der Waals surface area contributed by atoms with Crippen molar-refractivity contribution in [2.24, 2.45) is 10.9 Å². The lowest BCUT2D eigenvalue weighted by molar-refractivity contribution is 0.310. The molecule has 0 aliphatic carbocycles. The Kier molecular flexibility index (Phi) is 8.89. The molecule has 1 atom stereocenters. The summed E-state index contributed by atoms with van der Waals surface area (Å²) in [6, 6.07) is 6.03. The Balaban J connectivity index is 1.81. The highest BCUT2D eigenvalue weighted by molar-refractivity contribution is 7.91. The lowest BCUT2D eigenvalue weighted by Crippen LogP contribution is -2.38. The van der Waals surface area contributed by atoms with Gasteiger partial charge in [-0.2, -0.15) is 0 Å². The summed E-state index contributed by atoms with van der Waals surface area (Å²) in [6.45, 7) is 6.68. The number of hydrogen-bond acceptors (Lipinski definition) is 5. The van der Waals surface area contributed by atoms with Crippen LogP contribution in [0, 0.1) is 5.92 Å². The first-order chi connectivity index (χ1) is 13.5. The fourth-order valence-electron chi connectivity index (χ4n) is 3.22. The average molecular weight is 412 g/mol. The number of benzene rings is 1. The summed E-state index contributed by atoms with van der Waals surface area (Å²) in [4.78, 5) is 4.56. The Bertz CT molecular complexity index is 750. The van der Waals surface area contributed by atoms with Crippen LogP contribution in [0.2, 0.25) is 0 Å². The first-order valence-corrected chi connectivity index (χ1v) is 11.8. The van der Waals surface area contributed by atoms with Gasteiger partial charge in [-0.3, -0.25) is 4.99 Å². The second-order valence-electron chi connectivity index (χ2n) is 6.94. The molecule has 1 heterocycles. The molecule has 2 rings (SSSR count). The van der Waals surface area contributed by atoms with E-state index in [0.29, 0.717) is 25.3 Å². The molecule has 8 heteroatoms. The Morgan fingerprint density at radius 2 is 2.07 bits per heavy atom. The van der Waals surface area contributed by atoms with Crippen LogP contribution in [-0.4, -0.2) is 59.2 Å². The van der Waals surface area contributed by atoms with Gasteiger partial charge in [0.25, 0.3) is 0 Å². The normalized spacial score (nSPS) is 18.7. The monoisotopic (exact) mass is 411 g/mol. The number of guanidine groups is 1. The molecule has 28 heavy (non-hydrogen) atoms. The minimum atomic E-state index is -2.85. The van der Waals surface area contributed by atoms with Crippen LogP contribution in [0.25, 0.3) is 0 Å². The van der Waals surface area contributed by atoms with Gasteiger partial charge in [-0.15, -0.1) is 0 Å². The molecule has 1 unspecified atom stereocenters. The molecule has 158 valence electrons. The zero-order valence-electron chi connectivity index (χ0n) is 17.2. The third-order valence-electron chi connectivity index (χ3n) is 4.64. The van der Waals surface area contributed by atoms with Gasteiger partial charge in [-0.25, -0.2) is 8.42 Å². The van der Waals surface area contributed by atoms with Crippen molar-refractivity contribution in [3.05, 3.63) is 23.8 Å². The maximum Gasteiger partial charge on any atom is 0.191 e. The van der Waals surface area contributed by atoms with E-state index in [4.69, 9.17) is 9.47 Å². The van der Waals surface area contributed by atoms with Crippen molar-refractivity contribution < 1.29 is 17.9 Å². The summed E-state index contributed by atoms with van der Waals surface area (Å²) in [6.07, 6.45) is 2.57. The fraction of sp³-hybridized carbons (Fsp3) is 0.650. The highest BCUT2D eigenvalue weighted by Crippen LogP contribution is 2.28. The van der Waals surface area contributed by atoms with Crippen molar-refractivity contribution in [3.63, 3.8) is 0 Å². The summed E-state index contributed by atoms with van der Waals surface area (Å²) in [5.41, 5.74) is 1.20. The maximum atomic E-state index is 11.6. The van der Waals surface area contributed by atoms with Crippen LogP contribution in [0.4, 0.5) is 0 Å². The molecule has 1 fully saturated rings. The molecule has 1 aromatic rings. The van der Waals surface area contributed by atoms with Crippen molar-refractivity contribution >= 4 is 15.8 Å². The molecule has 0 spiro atoms. The van der Waals surface area contributed by atoms with Crippen LogP contribution in [0.5, 0.6) is 11.5 Å². The van der Waals surface area contributed by atoms with Crippen LogP contribution in [-0.2, 0) is 16.3 Å². The van der Waals surface area contributed by atoms with Crippen LogP contribution in [0.1, 0.15) is 32.3 Å². The number of methoxy groups -OCH3 is 1. The molecule has 0 amide bonds. The predicted octanol–water partition coefficient (Wildman–Crippen LogP) is 2.02. The number of nitrogens with one attached hydrogen (secondary N) is 2. The van der Waals surface area contributed by atoms with E-state index < -0.39 is 9.84 Å². The number of aliphatic imine (C=N–C) groups is 1. The third kappa shape index (κ3) is 7.22. The van der Waals surface area contributed by atoms with Gasteiger partial charge in [0, 0.05) is 19.6 Å². The topological polar surface area (TPSA) is 89.0 Å². The molecule has 0 radical (unpaired) electrons. The molecule has 0 bridgehead atoms. The summed E-state index contributed by atoms with van der Waals surface area (Å²) >= 11 is 0. The lowest BCUT2D eigenvalue weighted by Gasteiger charge is -2.13. The van der Waals surface area contributed by atoms with Crippen molar-refractivity contribution in [2.45, 2.75) is 33.1 Å². The summed E-state index contributed by atoms with van der Waals surface area (Å²) in [5, 5.41) is 6.55. The molecule has 2 N–H and O–H groups in total. The molecule has 0 aromatic heterocycles. The van der Waals surface area contributed by atoms with Crippen LogP contribution >= 0.6 is 0 Å². The predicted molar refractivity (Wildman–Crippen MR) is 113 cm³/mol. The van der Waals surface area contributed by atoms with Crippen LogP contribution < -0.4 is 20.1 Å². The van der Waals surface area contributed by atoms with E-state index in [2.05, 4.69) is 21.7 Å². The molecule has 1 aromatic carbocycles. The van der Waals surface area contributed by atoms with E-state index in [-0.39, 0.29) is 11.7 Å². The number of ether oxygens (including phenoxy) is 2. The van der Waals surface area contributed by atoms with E-state index in [1.165, 1.54) is 5.56 Å². The standard InChI is InChI=1S/C20H33N3O4S/c1-4-21-20(23-14-17-10-12-28(24,25)15-17)22-11-6-7-16-8-9-18(26-3)19(13-16)27-5-2/h8-9,13,17H,4-7,10-12,14-15H2,1-3H3,(H2,21,22,23). The maximum absolute atomic E-state index is 11.6.